The molecule has 0 aliphatic heterocycles. The second-order valence-electron chi connectivity index (χ2n) is 5.91. The summed E-state index contributed by atoms with van der Waals surface area (Å²) in [5.74, 6) is 0.0207. The highest BCUT2D eigenvalue weighted by Gasteiger charge is 2.44. The van der Waals surface area contributed by atoms with Gasteiger partial charge in [-0.05, 0) is 48.2 Å². The summed E-state index contributed by atoms with van der Waals surface area (Å²) in [6.07, 6.45) is 1.87. The topological polar surface area (TPSA) is 75.3 Å². The monoisotopic (exact) mass is 364 g/mol. The minimum Gasteiger partial charge on any atom is -0.326 e. The Morgan fingerprint density at radius 2 is 1.71 bits per heavy atom. The Balaban J connectivity index is 1.61. The maximum atomic E-state index is 12.3. The van der Waals surface area contributed by atoms with E-state index in [2.05, 4.69) is 10.0 Å². The van der Waals surface area contributed by atoms with Gasteiger partial charge in [0.05, 0.1) is 6.26 Å². The summed E-state index contributed by atoms with van der Waals surface area (Å²) in [7, 11) is -3.31. The molecule has 0 radical (unpaired) electrons. The maximum Gasteiger partial charge on any atom is 0.229 e. The van der Waals surface area contributed by atoms with E-state index in [0.717, 1.165) is 18.2 Å². The molecule has 0 bridgehead atoms. The van der Waals surface area contributed by atoms with Gasteiger partial charge in [-0.2, -0.15) is 0 Å². The lowest BCUT2D eigenvalue weighted by Gasteiger charge is -2.08. The van der Waals surface area contributed by atoms with Crippen LogP contribution in [-0.4, -0.2) is 20.6 Å². The van der Waals surface area contributed by atoms with Crippen molar-refractivity contribution in [1.82, 2.24) is 0 Å². The van der Waals surface area contributed by atoms with Gasteiger partial charge in [0.1, 0.15) is 0 Å². The van der Waals surface area contributed by atoms with E-state index >= 15 is 0 Å². The third-order valence-electron chi connectivity index (χ3n) is 3.89. The van der Waals surface area contributed by atoms with Gasteiger partial charge in [-0.15, -0.1) is 0 Å². The molecule has 1 aliphatic carbocycles. The summed E-state index contributed by atoms with van der Waals surface area (Å²) >= 11 is 6.17. The van der Waals surface area contributed by atoms with Crippen LogP contribution in [0.25, 0.3) is 0 Å². The molecule has 2 aromatic carbocycles. The summed E-state index contributed by atoms with van der Waals surface area (Å²) in [6, 6.07) is 14.1. The van der Waals surface area contributed by atoms with Crippen molar-refractivity contribution in [3.63, 3.8) is 0 Å². The zero-order chi connectivity index (χ0) is 17.3. The van der Waals surface area contributed by atoms with Crippen molar-refractivity contribution >= 4 is 38.9 Å². The number of halogens is 1. The molecule has 1 amide bonds. The van der Waals surface area contributed by atoms with Gasteiger partial charge >= 0.3 is 0 Å². The molecule has 0 spiro atoms. The fourth-order valence-electron chi connectivity index (χ4n) is 2.67. The minimum atomic E-state index is -3.31. The molecular formula is C17H17ClN2O3S. The quantitative estimate of drug-likeness (QED) is 0.853. The van der Waals surface area contributed by atoms with E-state index in [4.69, 9.17) is 11.6 Å². The number of carbonyl (C=O) groups is 1. The predicted molar refractivity (Wildman–Crippen MR) is 95.8 cm³/mol. The largest absolute Gasteiger partial charge is 0.326 e. The van der Waals surface area contributed by atoms with E-state index in [-0.39, 0.29) is 17.7 Å². The second kappa shape index (κ2) is 6.45. The molecule has 24 heavy (non-hydrogen) atoms. The molecule has 7 heteroatoms. The zero-order valence-electron chi connectivity index (χ0n) is 13.0. The molecule has 2 N–H and O–H groups in total. The first-order valence-corrected chi connectivity index (χ1v) is 9.73. The first-order chi connectivity index (χ1) is 11.3. The van der Waals surface area contributed by atoms with Crippen molar-refractivity contribution < 1.29 is 13.2 Å². The average molecular weight is 365 g/mol. The normalized spacial score (nSPS) is 19.6. The van der Waals surface area contributed by atoms with Crippen LogP contribution >= 0.6 is 11.6 Å². The van der Waals surface area contributed by atoms with Crippen LogP contribution < -0.4 is 10.0 Å². The summed E-state index contributed by atoms with van der Waals surface area (Å²) in [6.45, 7) is 0. The molecule has 2 unspecified atom stereocenters. The van der Waals surface area contributed by atoms with Gasteiger partial charge in [-0.3, -0.25) is 9.52 Å². The molecule has 1 aliphatic rings. The Bertz CT molecular complexity index is 866. The smallest absolute Gasteiger partial charge is 0.229 e. The highest BCUT2D eigenvalue weighted by Crippen LogP contribution is 2.49. The highest BCUT2D eigenvalue weighted by molar-refractivity contribution is 7.92. The van der Waals surface area contributed by atoms with Crippen molar-refractivity contribution in [1.29, 1.82) is 0 Å². The number of benzene rings is 2. The van der Waals surface area contributed by atoms with E-state index in [1.165, 1.54) is 0 Å². The first kappa shape index (κ1) is 16.8. The predicted octanol–water partition coefficient (Wildman–Crippen LogP) is 3.45. The molecule has 0 saturated heterocycles. The third kappa shape index (κ3) is 4.07. The lowest BCUT2D eigenvalue weighted by Crippen LogP contribution is -2.15. The lowest BCUT2D eigenvalue weighted by molar-refractivity contribution is -0.117. The molecular weight excluding hydrogens is 348 g/mol. The van der Waals surface area contributed by atoms with E-state index in [0.29, 0.717) is 16.4 Å². The molecule has 126 valence electrons. The van der Waals surface area contributed by atoms with Crippen LogP contribution in [0, 0.1) is 5.92 Å². The maximum absolute atomic E-state index is 12.3. The third-order valence-corrected chi connectivity index (χ3v) is 4.84. The SMILES string of the molecule is CS(=O)(=O)Nc1ccc(NC(=O)C2CC2c2ccccc2Cl)cc1. The van der Waals surface area contributed by atoms with Crippen LogP contribution in [0.15, 0.2) is 48.5 Å². The number of rotatable bonds is 5. The van der Waals surface area contributed by atoms with Gasteiger partial charge in [-0.25, -0.2) is 8.42 Å². The molecule has 5 nitrogen and oxygen atoms in total. The minimum absolute atomic E-state index is 0.0521. The summed E-state index contributed by atoms with van der Waals surface area (Å²) in [5, 5.41) is 3.54. The standard InChI is InChI=1S/C17H17ClN2O3S/c1-24(22,23)20-12-8-6-11(7-9-12)19-17(21)15-10-14(15)13-4-2-3-5-16(13)18/h2-9,14-15,20H,10H2,1H3,(H,19,21). The van der Waals surface area contributed by atoms with Gasteiger partial charge in [0.2, 0.25) is 15.9 Å². The number of hydrogen-bond donors (Lipinski definition) is 2. The van der Waals surface area contributed by atoms with Crippen molar-refractivity contribution in [2.75, 3.05) is 16.3 Å². The van der Waals surface area contributed by atoms with Crippen LogP contribution in [0.4, 0.5) is 11.4 Å². The van der Waals surface area contributed by atoms with E-state index in [9.17, 15) is 13.2 Å². The molecule has 0 aromatic heterocycles. The summed E-state index contributed by atoms with van der Waals surface area (Å²) in [4.78, 5) is 12.3. The number of sulfonamides is 1. The van der Waals surface area contributed by atoms with Gasteiger partial charge in [0.15, 0.2) is 0 Å². The van der Waals surface area contributed by atoms with E-state index in [1.54, 1.807) is 24.3 Å². The number of hydrogen-bond acceptors (Lipinski definition) is 3. The van der Waals surface area contributed by atoms with Crippen molar-refractivity contribution in [2.24, 2.45) is 5.92 Å². The highest BCUT2D eigenvalue weighted by atomic mass is 35.5. The lowest BCUT2D eigenvalue weighted by atomic mass is 10.1. The van der Waals surface area contributed by atoms with Crippen LogP contribution in [0.2, 0.25) is 5.02 Å². The molecule has 0 heterocycles. The number of anilines is 2. The van der Waals surface area contributed by atoms with E-state index < -0.39 is 10.0 Å². The van der Waals surface area contributed by atoms with Crippen LogP contribution in [0.5, 0.6) is 0 Å². The Labute approximate surface area is 146 Å². The fourth-order valence-corrected chi connectivity index (χ4v) is 3.52. The molecule has 1 fully saturated rings. The fraction of sp³-hybridized carbons (Fsp3) is 0.235. The first-order valence-electron chi connectivity index (χ1n) is 7.46. The van der Waals surface area contributed by atoms with Crippen LogP contribution in [0.3, 0.4) is 0 Å². The molecule has 3 rings (SSSR count). The Kier molecular flexibility index (Phi) is 4.51. The van der Waals surface area contributed by atoms with Crippen molar-refractivity contribution in [3.05, 3.63) is 59.1 Å². The van der Waals surface area contributed by atoms with Gasteiger partial charge in [0.25, 0.3) is 0 Å². The van der Waals surface area contributed by atoms with E-state index in [1.807, 2.05) is 24.3 Å². The second-order valence-corrected chi connectivity index (χ2v) is 8.07. The van der Waals surface area contributed by atoms with Gasteiger partial charge in [-0.1, -0.05) is 29.8 Å². The number of carbonyl (C=O) groups excluding carboxylic acids is 1. The van der Waals surface area contributed by atoms with Crippen LogP contribution in [0.1, 0.15) is 17.9 Å². The number of amides is 1. The molecule has 1 saturated carbocycles. The van der Waals surface area contributed by atoms with Gasteiger partial charge in [0, 0.05) is 22.3 Å². The summed E-state index contributed by atoms with van der Waals surface area (Å²) < 4.78 is 24.7. The zero-order valence-corrected chi connectivity index (χ0v) is 14.6. The Morgan fingerprint density at radius 3 is 2.33 bits per heavy atom. The summed E-state index contributed by atoms with van der Waals surface area (Å²) in [5.41, 5.74) is 2.09. The van der Waals surface area contributed by atoms with Crippen LogP contribution in [-0.2, 0) is 14.8 Å². The van der Waals surface area contributed by atoms with Gasteiger partial charge < -0.3 is 5.32 Å². The number of nitrogens with one attached hydrogen (secondary N) is 2. The molecule has 2 aromatic rings. The Hall–Kier alpha value is -2.05. The van der Waals surface area contributed by atoms with Crippen molar-refractivity contribution in [2.45, 2.75) is 12.3 Å². The Morgan fingerprint density at radius 1 is 1.08 bits per heavy atom. The average Bonchev–Trinajstić information content (AvgIpc) is 3.29. The molecule has 2 atom stereocenters. The van der Waals surface area contributed by atoms with Crippen molar-refractivity contribution in [3.8, 4) is 0 Å².